The Morgan fingerprint density at radius 1 is 1.50 bits per heavy atom. The molecule has 1 atom stereocenters. The topological polar surface area (TPSA) is 103 Å². The summed E-state index contributed by atoms with van der Waals surface area (Å²) in [6.07, 6.45) is 0.729. The Hall–Kier alpha value is -2.18. The van der Waals surface area contributed by atoms with E-state index in [0.29, 0.717) is 0 Å². The molecule has 0 aliphatic heterocycles. The van der Waals surface area contributed by atoms with Crippen molar-refractivity contribution >= 4 is 11.7 Å². The highest BCUT2D eigenvalue weighted by Crippen LogP contribution is 2.22. The number of nitrogens with zero attached hydrogens (tertiary/aromatic N) is 2. The molecule has 0 spiro atoms. The van der Waals surface area contributed by atoms with Gasteiger partial charge in [-0.3, -0.25) is 10.1 Å². The molecule has 0 radical (unpaired) electrons. The van der Waals surface area contributed by atoms with Crippen LogP contribution in [0.4, 0.5) is 5.69 Å². The van der Waals surface area contributed by atoms with Gasteiger partial charge in [0.25, 0.3) is 0 Å². The Morgan fingerprint density at radius 2 is 2.11 bits per heavy atom. The average Bonchev–Trinajstić information content (AvgIpc) is 2.28. The van der Waals surface area contributed by atoms with Gasteiger partial charge >= 0.3 is 11.7 Å². The van der Waals surface area contributed by atoms with Crippen molar-refractivity contribution in [2.24, 2.45) is 5.92 Å². The van der Waals surface area contributed by atoms with E-state index >= 15 is 0 Å². The molecule has 0 saturated carbocycles. The Kier molecular flexibility index (Phi) is 4.19. The fourth-order valence-electron chi connectivity index (χ4n) is 1.14. The lowest BCUT2D eigenvalue weighted by Crippen LogP contribution is -2.19. The van der Waals surface area contributed by atoms with Crippen LogP contribution in [0.5, 0.6) is 5.88 Å². The zero-order valence-corrected chi connectivity index (χ0v) is 10.3. The molecule has 0 amide bonds. The van der Waals surface area contributed by atoms with Crippen molar-refractivity contribution in [1.29, 1.82) is 0 Å². The SMILES string of the molecule is CC(C)C(C)Oc1cc(C(=O)O)c([N+](=O)[O-])cn1. The minimum atomic E-state index is -1.38. The molecule has 1 unspecified atom stereocenters. The van der Waals surface area contributed by atoms with Crippen molar-refractivity contribution in [2.75, 3.05) is 0 Å². The lowest BCUT2D eigenvalue weighted by Gasteiger charge is -2.17. The van der Waals surface area contributed by atoms with Gasteiger partial charge in [-0.1, -0.05) is 13.8 Å². The van der Waals surface area contributed by atoms with Gasteiger partial charge < -0.3 is 9.84 Å². The van der Waals surface area contributed by atoms with Crippen LogP contribution >= 0.6 is 0 Å². The molecular weight excluding hydrogens is 240 g/mol. The third-order valence-corrected chi connectivity index (χ3v) is 2.53. The summed E-state index contributed by atoms with van der Waals surface area (Å²) in [5.74, 6) is -1.10. The summed E-state index contributed by atoms with van der Waals surface area (Å²) in [5, 5.41) is 19.5. The summed E-state index contributed by atoms with van der Waals surface area (Å²) in [6, 6.07) is 1.07. The summed E-state index contributed by atoms with van der Waals surface area (Å²) in [6.45, 7) is 5.69. The van der Waals surface area contributed by atoms with E-state index in [9.17, 15) is 14.9 Å². The molecule has 1 heterocycles. The molecule has 0 aromatic carbocycles. The predicted octanol–water partition coefficient (Wildman–Crippen LogP) is 2.11. The normalized spacial score (nSPS) is 12.2. The van der Waals surface area contributed by atoms with Crippen LogP contribution in [0.1, 0.15) is 31.1 Å². The number of nitro groups is 1. The van der Waals surface area contributed by atoms with Gasteiger partial charge in [-0.25, -0.2) is 9.78 Å². The highest BCUT2D eigenvalue weighted by molar-refractivity contribution is 5.92. The van der Waals surface area contributed by atoms with E-state index in [-0.39, 0.29) is 17.9 Å². The van der Waals surface area contributed by atoms with Crippen molar-refractivity contribution < 1.29 is 19.6 Å². The summed E-state index contributed by atoms with van der Waals surface area (Å²) in [4.78, 5) is 24.5. The number of carboxylic acids is 1. The lowest BCUT2D eigenvalue weighted by molar-refractivity contribution is -0.385. The number of ether oxygens (including phenoxy) is 1. The summed E-state index contributed by atoms with van der Waals surface area (Å²) >= 11 is 0. The second kappa shape index (κ2) is 5.44. The number of carboxylic acid groups (broad SMARTS) is 1. The maximum Gasteiger partial charge on any atom is 0.342 e. The Bertz CT molecular complexity index is 473. The molecule has 0 aliphatic rings. The minimum absolute atomic E-state index is 0.0687. The van der Waals surface area contributed by atoms with Crippen LogP contribution < -0.4 is 4.74 Å². The molecule has 0 saturated heterocycles. The van der Waals surface area contributed by atoms with E-state index in [1.807, 2.05) is 20.8 Å². The van der Waals surface area contributed by atoms with Gasteiger partial charge in [0, 0.05) is 6.07 Å². The number of pyridine rings is 1. The maximum absolute atomic E-state index is 10.9. The molecule has 1 aromatic rings. The van der Waals surface area contributed by atoms with Gasteiger partial charge in [0.05, 0.1) is 11.0 Å². The maximum atomic E-state index is 10.9. The Morgan fingerprint density at radius 3 is 2.56 bits per heavy atom. The number of hydrogen-bond acceptors (Lipinski definition) is 5. The van der Waals surface area contributed by atoms with E-state index < -0.39 is 22.1 Å². The Labute approximate surface area is 104 Å². The van der Waals surface area contributed by atoms with Crippen LogP contribution in [-0.2, 0) is 0 Å². The lowest BCUT2D eigenvalue weighted by atomic mass is 10.1. The van der Waals surface area contributed by atoms with E-state index in [0.717, 1.165) is 12.3 Å². The molecule has 0 bridgehead atoms. The average molecular weight is 254 g/mol. The quantitative estimate of drug-likeness (QED) is 0.637. The van der Waals surface area contributed by atoms with Crippen molar-refractivity contribution in [3.63, 3.8) is 0 Å². The van der Waals surface area contributed by atoms with Gasteiger partial charge in [-0.05, 0) is 12.8 Å². The van der Waals surface area contributed by atoms with Crippen molar-refractivity contribution in [1.82, 2.24) is 4.98 Å². The molecule has 1 rings (SSSR count). The molecule has 7 heteroatoms. The number of aromatic nitrogens is 1. The molecular formula is C11H14N2O5. The summed E-state index contributed by atoms with van der Waals surface area (Å²) in [7, 11) is 0. The van der Waals surface area contributed by atoms with Crippen LogP contribution in [0.3, 0.4) is 0 Å². The van der Waals surface area contributed by atoms with Crippen LogP contribution in [0, 0.1) is 16.0 Å². The summed E-state index contributed by atoms with van der Waals surface area (Å²) < 4.78 is 5.40. The second-order valence-electron chi connectivity index (χ2n) is 4.17. The fourth-order valence-corrected chi connectivity index (χ4v) is 1.14. The van der Waals surface area contributed by atoms with Crippen molar-refractivity contribution in [3.05, 3.63) is 27.9 Å². The number of aromatic carboxylic acids is 1. The fraction of sp³-hybridized carbons (Fsp3) is 0.455. The van der Waals surface area contributed by atoms with Crippen LogP contribution in [0.25, 0.3) is 0 Å². The second-order valence-corrected chi connectivity index (χ2v) is 4.17. The molecule has 0 fully saturated rings. The van der Waals surface area contributed by atoms with Crippen molar-refractivity contribution in [3.8, 4) is 5.88 Å². The molecule has 1 aromatic heterocycles. The molecule has 98 valence electrons. The van der Waals surface area contributed by atoms with Gasteiger partial charge in [0.1, 0.15) is 11.8 Å². The van der Waals surface area contributed by atoms with E-state index in [1.165, 1.54) is 0 Å². The zero-order chi connectivity index (χ0) is 13.9. The minimum Gasteiger partial charge on any atom is -0.477 e. The van der Waals surface area contributed by atoms with Gasteiger partial charge in [0.15, 0.2) is 0 Å². The van der Waals surface area contributed by atoms with E-state index in [4.69, 9.17) is 9.84 Å². The first-order chi connectivity index (χ1) is 8.32. The van der Waals surface area contributed by atoms with Gasteiger partial charge in [-0.2, -0.15) is 0 Å². The smallest absolute Gasteiger partial charge is 0.342 e. The van der Waals surface area contributed by atoms with E-state index in [2.05, 4.69) is 4.98 Å². The van der Waals surface area contributed by atoms with Crippen LogP contribution in [0.2, 0.25) is 0 Å². The standard InChI is InChI=1S/C11H14N2O5/c1-6(2)7(3)18-10-4-8(11(14)15)9(5-12-10)13(16)17/h4-7H,1-3H3,(H,14,15). The van der Waals surface area contributed by atoms with Crippen molar-refractivity contribution in [2.45, 2.75) is 26.9 Å². The Balaban J connectivity index is 3.08. The molecule has 0 aliphatic carbocycles. The van der Waals surface area contributed by atoms with Crippen LogP contribution in [-0.4, -0.2) is 27.1 Å². The van der Waals surface area contributed by atoms with Crippen LogP contribution in [0.15, 0.2) is 12.3 Å². The monoisotopic (exact) mass is 254 g/mol. The van der Waals surface area contributed by atoms with Gasteiger partial charge in [0.2, 0.25) is 5.88 Å². The molecule has 1 N–H and O–H groups in total. The van der Waals surface area contributed by atoms with Gasteiger partial charge in [-0.15, -0.1) is 0 Å². The van der Waals surface area contributed by atoms with E-state index in [1.54, 1.807) is 0 Å². The third-order valence-electron chi connectivity index (χ3n) is 2.53. The first-order valence-corrected chi connectivity index (χ1v) is 5.37. The number of rotatable bonds is 5. The largest absolute Gasteiger partial charge is 0.477 e. The highest BCUT2D eigenvalue weighted by atomic mass is 16.6. The predicted molar refractivity (Wildman–Crippen MR) is 62.8 cm³/mol. The summed E-state index contributed by atoms with van der Waals surface area (Å²) in [5.41, 5.74) is -0.979. The number of carbonyl (C=O) groups is 1. The third kappa shape index (κ3) is 3.16. The molecule has 18 heavy (non-hydrogen) atoms. The first-order valence-electron chi connectivity index (χ1n) is 5.37. The molecule has 7 nitrogen and oxygen atoms in total. The highest BCUT2D eigenvalue weighted by Gasteiger charge is 2.22. The number of hydrogen-bond donors (Lipinski definition) is 1. The first kappa shape index (κ1) is 13.9. The zero-order valence-electron chi connectivity index (χ0n) is 10.3.